The van der Waals surface area contributed by atoms with Crippen molar-refractivity contribution in [3.05, 3.63) is 24.0 Å². The lowest BCUT2D eigenvalue weighted by Crippen LogP contribution is -2.05. The number of nitrogen functional groups attached to an aromatic ring is 2. The van der Waals surface area contributed by atoms with Crippen molar-refractivity contribution in [3.63, 3.8) is 0 Å². The van der Waals surface area contributed by atoms with E-state index in [-0.39, 0.29) is 6.10 Å². The minimum absolute atomic E-state index is 0.138. The largest absolute Gasteiger partial charge is 0.399 e. The molecule has 0 bridgehead atoms. The van der Waals surface area contributed by atoms with Crippen LogP contribution in [-0.4, -0.2) is 16.7 Å². The second-order valence-corrected chi connectivity index (χ2v) is 4.58. The lowest BCUT2D eigenvalue weighted by molar-refractivity contribution is 0.0478. The SMILES string of the molecule is CCCC(OCC)c1noc(-c2cc(N)cc(N)c2)n1. The summed E-state index contributed by atoms with van der Waals surface area (Å²) >= 11 is 0. The maximum absolute atomic E-state index is 5.76. The van der Waals surface area contributed by atoms with Crippen LogP contribution in [-0.2, 0) is 4.74 Å². The third-order valence-electron chi connectivity index (χ3n) is 2.87. The van der Waals surface area contributed by atoms with Gasteiger partial charge in [0.15, 0.2) is 0 Å². The topological polar surface area (TPSA) is 100 Å². The summed E-state index contributed by atoms with van der Waals surface area (Å²) in [5.74, 6) is 0.963. The molecular weight excluding hydrogens is 256 g/mol. The van der Waals surface area contributed by atoms with Gasteiger partial charge in [-0.05, 0) is 31.5 Å². The Morgan fingerprint density at radius 1 is 1.20 bits per heavy atom. The van der Waals surface area contributed by atoms with Crippen LogP contribution in [0, 0.1) is 0 Å². The van der Waals surface area contributed by atoms with Crippen LogP contribution in [0.4, 0.5) is 11.4 Å². The molecular formula is C14H20N4O2. The van der Waals surface area contributed by atoms with E-state index in [1.54, 1.807) is 18.2 Å². The molecule has 0 radical (unpaired) electrons. The van der Waals surface area contributed by atoms with Gasteiger partial charge in [-0.25, -0.2) is 0 Å². The molecule has 0 aliphatic rings. The second-order valence-electron chi connectivity index (χ2n) is 4.58. The molecule has 1 unspecified atom stereocenters. The number of rotatable bonds is 6. The van der Waals surface area contributed by atoms with E-state index in [9.17, 15) is 0 Å². The van der Waals surface area contributed by atoms with Crippen molar-refractivity contribution < 1.29 is 9.26 Å². The number of ether oxygens (including phenoxy) is 1. The molecule has 0 aliphatic heterocycles. The molecule has 0 spiro atoms. The fourth-order valence-electron chi connectivity index (χ4n) is 2.03. The number of benzene rings is 1. The molecule has 0 amide bonds. The highest BCUT2D eigenvalue weighted by Crippen LogP contribution is 2.26. The number of hydrogen-bond acceptors (Lipinski definition) is 6. The Labute approximate surface area is 118 Å². The van der Waals surface area contributed by atoms with Gasteiger partial charge in [-0.1, -0.05) is 18.5 Å². The van der Waals surface area contributed by atoms with Crippen molar-refractivity contribution in [1.29, 1.82) is 0 Å². The van der Waals surface area contributed by atoms with Gasteiger partial charge >= 0.3 is 0 Å². The van der Waals surface area contributed by atoms with E-state index in [0.29, 0.717) is 35.3 Å². The van der Waals surface area contributed by atoms with E-state index >= 15 is 0 Å². The Morgan fingerprint density at radius 3 is 2.50 bits per heavy atom. The fraction of sp³-hybridized carbons (Fsp3) is 0.429. The Morgan fingerprint density at radius 2 is 1.90 bits per heavy atom. The highest BCUT2D eigenvalue weighted by Gasteiger charge is 2.18. The molecule has 108 valence electrons. The van der Waals surface area contributed by atoms with Crippen molar-refractivity contribution in [1.82, 2.24) is 10.1 Å². The average Bonchev–Trinajstić information content (AvgIpc) is 2.87. The average molecular weight is 276 g/mol. The summed E-state index contributed by atoms with van der Waals surface area (Å²) in [5.41, 5.74) is 13.4. The highest BCUT2D eigenvalue weighted by molar-refractivity contribution is 5.67. The molecule has 1 atom stereocenters. The summed E-state index contributed by atoms with van der Waals surface area (Å²) in [6.07, 6.45) is 1.70. The molecule has 1 heterocycles. The van der Waals surface area contributed by atoms with Crippen molar-refractivity contribution in [2.24, 2.45) is 0 Å². The van der Waals surface area contributed by atoms with Gasteiger partial charge in [0.1, 0.15) is 6.10 Å². The number of nitrogens with two attached hydrogens (primary N) is 2. The van der Waals surface area contributed by atoms with E-state index in [0.717, 1.165) is 12.8 Å². The quantitative estimate of drug-likeness (QED) is 0.787. The predicted octanol–water partition coefficient (Wildman–Crippen LogP) is 2.78. The Hall–Kier alpha value is -2.08. The summed E-state index contributed by atoms with van der Waals surface area (Å²) < 4.78 is 10.9. The Kier molecular flexibility index (Phi) is 4.57. The van der Waals surface area contributed by atoms with E-state index in [2.05, 4.69) is 17.1 Å². The molecule has 1 aromatic heterocycles. The van der Waals surface area contributed by atoms with Crippen LogP contribution >= 0.6 is 0 Å². The van der Waals surface area contributed by atoms with Crippen LogP contribution in [0.1, 0.15) is 38.6 Å². The monoisotopic (exact) mass is 276 g/mol. The van der Waals surface area contributed by atoms with Gasteiger partial charge in [-0.15, -0.1) is 0 Å². The molecule has 0 fully saturated rings. The first-order valence-electron chi connectivity index (χ1n) is 6.75. The first-order valence-corrected chi connectivity index (χ1v) is 6.75. The molecule has 2 rings (SSSR count). The zero-order chi connectivity index (χ0) is 14.5. The maximum atomic E-state index is 5.76. The Balaban J connectivity index is 2.27. The molecule has 4 N–H and O–H groups in total. The predicted molar refractivity (Wildman–Crippen MR) is 77.8 cm³/mol. The molecule has 1 aromatic carbocycles. The van der Waals surface area contributed by atoms with Crippen molar-refractivity contribution in [2.75, 3.05) is 18.1 Å². The molecule has 20 heavy (non-hydrogen) atoms. The number of aromatic nitrogens is 2. The maximum Gasteiger partial charge on any atom is 0.258 e. The van der Waals surface area contributed by atoms with Crippen LogP contribution in [0.5, 0.6) is 0 Å². The van der Waals surface area contributed by atoms with Gasteiger partial charge in [-0.3, -0.25) is 0 Å². The zero-order valence-electron chi connectivity index (χ0n) is 11.8. The van der Waals surface area contributed by atoms with Crippen LogP contribution in [0.2, 0.25) is 0 Å². The summed E-state index contributed by atoms with van der Waals surface area (Å²) in [7, 11) is 0. The van der Waals surface area contributed by atoms with E-state index in [1.807, 2.05) is 6.92 Å². The Bertz CT molecular complexity index is 542. The second kappa shape index (κ2) is 6.38. The smallest absolute Gasteiger partial charge is 0.258 e. The minimum Gasteiger partial charge on any atom is -0.399 e. The summed E-state index contributed by atoms with van der Waals surface area (Å²) in [5, 5.41) is 4.00. The molecule has 0 saturated heterocycles. The molecule has 0 aliphatic carbocycles. The van der Waals surface area contributed by atoms with Gasteiger partial charge in [-0.2, -0.15) is 4.98 Å². The van der Waals surface area contributed by atoms with Gasteiger partial charge < -0.3 is 20.7 Å². The van der Waals surface area contributed by atoms with Crippen molar-refractivity contribution in [2.45, 2.75) is 32.8 Å². The fourth-order valence-corrected chi connectivity index (χ4v) is 2.03. The summed E-state index contributed by atoms with van der Waals surface area (Å²) in [6, 6.07) is 5.19. The number of hydrogen-bond donors (Lipinski definition) is 2. The van der Waals surface area contributed by atoms with Crippen LogP contribution in [0.3, 0.4) is 0 Å². The summed E-state index contributed by atoms with van der Waals surface area (Å²) in [4.78, 5) is 4.39. The molecule has 0 saturated carbocycles. The first kappa shape index (κ1) is 14.3. The number of nitrogens with zero attached hydrogens (tertiary/aromatic N) is 2. The van der Waals surface area contributed by atoms with Crippen LogP contribution in [0.25, 0.3) is 11.5 Å². The molecule has 6 heteroatoms. The minimum atomic E-state index is -0.138. The van der Waals surface area contributed by atoms with Gasteiger partial charge in [0.2, 0.25) is 5.82 Å². The van der Waals surface area contributed by atoms with E-state index in [4.69, 9.17) is 20.7 Å². The third-order valence-corrected chi connectivity index (χ3v) is 2.87. The van der Waals surface area contributed by atoms with Gasteiger partial charge in [0.05, 0.1) is 0 Å². The van der Waals surface area contributed by atoms with Gasteiger partial charge in [0.25, 0.3) is 5.89 Å². The molecule has 6 nitrogen and oxygen atoms in total. The van der Waals surface area contributed by atoms with Crippen LogP contribution < -0.4 is 11.5 Å². The molecule has 2 aromatic rings. The standard InChI is InChI=1S/C14H20N4O2/c1-3-5-12(19-4-2)13-17-14(20-18-13)9-6-10(15)8-11(16)7-9/h6-8,12H,3-5,15-16H2,1-2H3. The lowest BCUT2D eigenvalue weighted by Gasteiger charge is -2.11. The normalized spacial score (nSPS) is 12.5. The lowest BCUT2D eigenvalue weighted by atomic mass is 10.1. The highest BCUT2D eigenvalue weighted by atomic mass is 16.5. The zero-order valence-corrected chi connectivity index (χ0v) is 11.8. The summed E-state index contributed by atoms with van der Waals surface area (Å²) in [6.45, 7) is 4.65. The van der Waals surface area contributed by atoms with Crippen molar-refractivity contribution in [3.8, 4) is 11.5 Å². The van der Waals surface area contributed by atoms with E-state index in [1.165, 1.54) is 0 Å². The third kappa shape index (κ3) is 3.27. The first-order chi connectivity index (χ1) is 9.63. The van der Waals surface area contributed by atoms with Crippen molar-refractivity contribution >= 4 is 11.4 Å². The van der Waals surface area contributed by atoms with Gasteiger partial charge in [0, 0.05) is 23.5 Å². The number of anilines is 2. The van der Waals surface area contributed by atoms with E-state index < -0.39 is 0 Å². The van der Waals surface area contributed by atoms with Crippen LogP contribution in [0.15, 0.2) is 22.7 Å².